The number of aromatic nitrogens is 1. The van der Waals surface area contributed by atoms with E-state index in [1.165, 1.54) is 11.1 Å². The average Bonchev–Trinajstić information content (AvgIpc) is 2.55. The summed E-state index contributed by atoms with van der Waals surface area (Å²) in [4.78, 5) is 28.8. The number of hydrogen-bond donors (Lipinski definition) is 1. The van der Waals surface area contributed by atoms with Crippen molar-refractivity contribution in [1.82, 2.24) is 9.88 Å². The van der Waals surface area contributed by atoms with Gasteiger partial charge in [-0.25, -0.2) is 0 Å². The van der Waals surface area contributed by atoms with Gasteiger partial charge in [0.25, 0.3) is 11.8 Å². The molecule has 0 saturated heterocycles. The number of hydrogen-bond acceptors (Lipinski definition) is 4. The molecule has 0 saturated carbocycles. The fourth-order valence-electron chi connectivity index (χ4n) is 1.64. The van der Waals surface area contributed by atoms with Gasteiger partial charge in [0.15, 0.2) is 0 Å². The Kier molecular flexibility index (Phi) is 2.70. The summed E-state index contributed by atoms with van der Waals surface area (Å²) in [5, 5.41) is 0. The van der Waals surface area contributed by atoms with Crippen LogP contribution in [0, 0.1) is 0 Å². The van der Waals surface area contributed by atoms with Crippen LogP contribution >= 0.6 is 0 Å². The minimum absolute atomic E-state index is 0.179. The van der Waals surface area contributed by atoms with E-state index in [-0.39, 0.29) is 30.1 Å². The maximum Gasteiger partial charge on any atom is 0.280 e. The number of imide groups is 1. The summed E-state index contributed by atoms with van der Waals surface area (Å²) in [6, 6.07) is 3.08. The van der Waals surface area contributed by atoms with Gasteiger partial charge in [-0.05, 0) is 18.6 Å². The highest BCUT2D eigenvalue weighted by Gasteiger charge is 2.36. The smallest absolute Gasteiger partial charge is 0.280 e. The second kappa shape index (κ2) is 4.02. The van der Waals surface area contributed by atoms with Crippen molar-refractivity contribution in [2.75, 3.05) is 6.54 Å². The van der Waals surface area contributed by atoms with Gasteiger partial charge in [-0.1, -0.05) is 6.92 Å². The summed E-state index contributed by atoms with van der Waals surface area (Å²) in [7, 11) is 0. The topological polar surface area (TPSA) is 76.3 Å². The lowest BCUT2D eigenvalue weighted by atomic mass is 10.2. The van der Waals surface area contributed by atoms with Crippen molar-refractivity contribution in [1.29, 1.82) is 0 Å². The van der Waals surface area contributed by atoms with Crippen LogP contribution in [0.4, 0.5) is 0 Å². The molecule has 1 atom stereocenters. The minimum atomic E-state index is -0.343. The Labute approximate surface area is 93.3 Å². The van der Waals surface area contributed by atoms with Crippen molar-refractivity contribution in [3.8, 4) is 0 Å². The summed E-state index contributed by atoms with van der Waals surface area (Å²) < 4.78 is 0. The monoisotopic (exact) mass is 219 g/mol. The first-order valence-corrected chi connectivity index (χ1v) is 5.22. The first kappa shape index (κ1) is 10.8. The van der Waals surface area contributed by atoms with Crippen LogP contribution in [-0.4, -0.2) is 34.3 Å². The van der Waals surface area contributed by atoms with Gasteiger partial charge in [-0.3, -0.25) is 19.5 Å². The molecular weight excluding hydrogens is 206 g/mol. The van der Waals surface area contributed by atoms with Crippen molar-refractivity contribution in [2.24, 2.45) is 5.73 Å². The number of carbonyl (C=O) groups excluding carboxylic acids is 2. The molecule has 1 aliphatic rings. The predicted molar refractivity (Wildman–Crippen MR) is 57.9 cm³/mol. The SMILES string of the molecule is CCC(N)CN1C(=O)c2cccnc2C1=O. The highest BCUT2D eigenvalue weighted by atomic mass is 16.2. The van der Waals surface area contributed by atoms with Crippen molar-refractivity contribution < 1.29 is 9.59 Å². The third-order valence-electron chi connectivity index (χ3n) is 2.67. The first-order valence-electron chi connectivity index (χ1n) is 5.22. The maximum absolute atomic E-state index is 11.9. The van der Waals surface area contributed by atoms with E-state index in [0.717, 1.165) is 6.42 Å². The highest BCUT2D eigenvalue weighted by Crippen LogP contribution is 2.20. The summed E-state index contributed by atoms with van der Waals surface area (Å²) >= 11 is 0. The molecule has 1 unspecified atom stereocenters. The van der Waals surface area contributed by atoms with Crippen molar-refractivity contribution in [3.63, 3.8) is 0 Å². The third kappa shape index (κ3) is 1.59. The maximum atomic E-state index is 11.9. The van der Waals surface area contributed by atoms with E-state index in [0.29, 0.717) is 5.56 Å². The second-order valence-corrected chi connectivity index (χ2v) is 3.79. The second-order valence-electron chi connectivity index (χ2n) is 3.79. The molecule has 16 heavy (non-hydrogen) atoms. The van der Waals surface area contributed by atoms with Gasteiger partial charge in [0.05, 0.1) is 5.56 Å². The summed E-state index contributed by atoms with van der Waals surface area (Å²) in [6.07, 6.45) is 2.23. The van der Waals surface area contributed by atoms with Crippen LogP contribution in [0.5, 0.6) is 0 Å². The normalized spacial score (nSPS) is 16.5. The summed E-state index contributed by atoms with van der Waals surface area (Å²) in [6.45, 7) is 2.17. The third-order valence-corrected chi connectivity index (χ3v) is 2.67. The molecule has 2 heterocycles. The van der Waals surface area contributed by atoms with Gasteiger partial charge < -0.3 is 5.73 Å². The van der Waals surface area contributed by atoms with Crippen molar-refractivity contribution in [3.05, 3.63) is 29.6 Å². The Balaban J connectivity index is 2.28. The lowest BCUT2D eigenvalue weighted by Gasteiger charge is -2.17. The van der Waals surface area contributed by atoms with E-state index in [2.05, 4.69) is 4.98 Å². The van der Waals surface area contributed by atoms with Crippen LogP contribution < -0.4 is 5.73 Å². The molecule has 1 aromatic heterocycles. The van der Waals surface area contributed by atoms with Crippen LogP contribution in [0.25, 0.3) is 0 Å². The van der Waals surface area contributed by atoms with E-state index in [9.17, 15) is 9.59 Å². The van der Waals surface area contributed by atoms with Crippen molar-refractivity contribution in [2.45, 2.75) is 19.4 Å². The zero-order chi connectivity index (χ0) is 11.7. The van der Waals surface area contributed by atoms with Gasteiger partial charge in [-0.2, -0.15) is 0 Å². The van der Waals surface area contributed by atoms with E-state index in [4.69, 9.17) is 5.73 Å². The Morgan fingerprint density at radius 2 is 2.19 bits per heavy atom. The van der Waals surface area contributed by atoms with Crippen LogP contribution in [0.15, 0.2) is 18.3 Å². The Hall–Kier alpha value is -1.75. The number of carbonyl (C=O) groups is 2. The fourth-order valence-corrected chi connectivity index (χ4v) is 1.64. The molecule has 2 rings (SSSR count). The van der Waals surface area contributed by atoms with E-state index < -0.39 is 0 Å². The standard InChI is InChI=1S/C11H13N3O2/c1-2-7(12)6-14-10(15)8-4-3-5-13-9(8)11(14)16/h3-5,7H,2,6,12H2,1H3. The van der Waals surface area contributed by atoms with E-state index >= 15 is 0 Å². The lowest BCUT2D eigenvalue weighted by molar-refractivity contribution is 0.0642. The van der Waals surface area contributed by atoms with Crippen LogP contribution in [0.3, 0.4) is 0 Å². The molecule has 2 N–H and O–H groups in total. The highest BCUT2D eigenvalue weighted by molar-refractivity contribution is 6.20. The van der Waals surface area contributed by atoms with Crippen LogP contribution in [-0.2, 0) is 0 Å². The fraction of sp³-hybridized carbons (Fsp3) is 0.364. The lowest BCUT2D eigenvalue weighted by Crippen LogP contribution is -2.40. The predicted octanol–water partition coefficient (Wildman–Crippen LogP) is 0.415. The van der Waals surface area contributed by atoms with Gasteiger partial charge in [0.1, 0.15) is 5.69 Å². The number of amides is 2. The molecular formula is C11H13N3O2. The summed E-state index contributed by atoms with van der Waals surface area (Å²) in [5.41, 5.74) is 6.35. The number of fused-ring (bicyclic) bond motifs is 1. The number of rotatable bonds is 3. The zero-order valence-corrected chi connectivity index (χ0v) is 9.01. The zero-order valence-electron chi connectivity index (χ0n) is 9.01. The van der Waals surface area contributed by atoms with Gasteiger partial charge in [-0.15, -0.1) is 0 Å². The van der Waals surface area contributed by atoms with Crippen LogP contribution in [0.2, 0.25) is 0 Å². The van der Waals surface area contributed by atoms with E-state index in [1.54, 1.807) is 12.1 Å². The van der Waals surface area contributed by atoms with Crippen LogP contribution in [0.1, 0.15) is 34.2 Å². The molecule has 5 heteroatoms. The van der Waals surface area contributed by atoms with Gasteiger partial charge in [0.2, 0.25) is 0 Å². The molecule has 0 aliphatic carbocycles. The summed E-state index contributed by atoms with van der Waals surface area (Å²) in [5.74, 6) is -0.637. The first-order chi connectivity index (χ1) is 7.65. The number of nitrogens with two attached hydrogens (primary N) is 1. The molecule has 84 valence electrons. The Bertz CT molecular complexity index is 410. The Morgan fingerprint density at radius 1 is 1.44 bits per heavy atom. The molecule has 0 aromatic carbocycles. The number of pyridine rings is 1. The molecule has 0 spiro atoms. The molecule has 0 bridgehead atoms. The quantitative estimate of drug-likeness (QED) is 0.747. The largest absolute Gasteiger partial charge is 0.326 e. The number of nitrogens with zero attached hydrogens (tertiary/aromatic N) is 2. The minimum Gasteiger partial charge on any atom is -0.326 e. The van der Waals surface area contributed by atoms with Gasteiger partial charge in [0, 0.05) is 18.8 Å². The Morgan fingerprint density at radius 3 is 2.81 bits per heavy atom. The molecule has 0 radical (unpaired) electrons. The molecule has 2 amide bonds. The molecule has 1 aliphatic heterocycles. The van der Waals surface area contributed by atoms with E-state index in [1.807, 2.05) is 6.92 Å². The van der Waals surface area contributed by atoms with Gasteiger partial charge >= 0.3 is 0 Å². The van der Waals surface area contributed by atoms with Crippen molar-refractivity contribution >= 4 is 11.8 Å². The molecule has 1 aromatic rings. The average molecular weight is 219 g/mol. The molecule has 0 fully saturated rings. The molecule has 5 nitrogen and oxygen atoms in total.